The van der Waals surface area contributed by atoms with E-state index < -0.39 is 0 Å². The van der Waals surface area contributed by atoms with E-state index in [9.17, 15) is 0 Å². The van der Waals surface area contributed by atoms with Gasteiger partial charge in [-0.05, 0) is 37.6 Å². The Morgan fingerprint density at radius 3 is 2.50 bits per heavy atom. The third-order valence-electron chi connectivity index (χ3n) is 3.47. The minimum atomic E-state index is 0.186. The van der Waals surface area contributed by atoms with Crippen molar-refractivity contribution in [3.63, 3.8) is 0 Å². The smallest absolute Gasteiger partial charge is 0.0487 e. The van der Waals surface area contributed by atoms with Crippen LogP contribution in [0.4, 0.5) is 0 Å². The highest BCUT2D eigenvalue weighted by molar-refractivity contribution is 9.10. The molecule has 2 atom stereocenters. The number of hydrogen-bond donors (Lipinski definition) is 1. The van der Waals surface area contributed by atoms with E-state index in [0.717, 1.165) is 28.0 Å². The van der Waals surface area contributed by atoms with Gasteiger partial charge in [0.25, 0.3) is 0 Å². The topological polar surface area (TPSA) is 29.3 Å². The summed E-state index contributed by atoms with van der Waals surface area (Å²) in [5.74, 6) is 0. The highest BCUT2D eigenvalue weighted by atomic mass is 79.9. The van der Waals surface area contributed by atoms with Gasteiger partial charge in [0.2, 0.25) is 0 Å². The minimum absolute atomic E-state index is 0.186. The third kappa shape index (κ3) is 3.70. The Kier molecular flexibility index (Phi) is 6.64. The molecule has 0 amide bonds. The molecule has 0 saturated heterocycles. The lowest BCUT2D eigenvalue weighted by Gasteiger charge is -2.35. The lowest BCUT2D eigenvalue weighted by Crippen LogP contribution is -2.39. The van der Waals surface area contributed by atoms with Gasteiger partial charge in [0.15, 0.2) is 0 Å². The molecule has 2 N–H and O–H groups in total. The molecule has 1 rings (SSSR count). The number of nitrogens with two attached hydrogens (primary N) is 1. The number of halogens is 2. The predicted molar refractivity (Wildman–Crippen MR) is 83.1 cm³/mol. The second kappa shape index (κ2) is 7.49. The lowest BCUT2D eigenvalue weighted by atomic mass is 10.0. The van der Waals surface area contributed by atoms with E-state index in [1.165, 1.54) is 0 Å². The zero-order valence-corrected chi connectivity index (χ0v) is 13.6. The predicted octanol–water partition coefficient (Wildman–Crippen LogP) is 4.22. The normalized spacial score (nSPS) is 14.8. The lowest BCUT2D eigenvalue weighted by molar-refractivity contribution is 0.152. The Hall–Kier alpha value is -0.0900. The standard InChI is InChI=1S/C14H22BrClN2/c1-4-10(3)18(5-2)14(9-17)12-7-6-11(15)8-13(12)16/h6-8,10,14H,4-5,9,17H2,1-3H3. The van der Waals surface area contributed by atoms with Gasteiger partial charge in [-0.25, -0.2) is 0 Å². The molecule has 0 aliphatic rings. The average Bonchev–Trinajstić information content (AvgIpc) is 2.36. The maximum absolute atomic E-state index is 6.34. The second-order valence-corrected chi connectivity index (χ2v) is 5.83. The average molecular weight is 334 g/mol. The van der Waals surface area contributed by atoms with Crippen molar-refractivity contribution in [1.29, 1.82) is 0 Å². The van der Waals surface area contributed by atoms with Gasteiger partial charge < -0.3 is 5.73 Å². The van der Waals surface area contributed by atoms with Gasteiger partial charge in [0, 0.05) is 28.1 Å². The van der Waals surface area contributed by atoms with Crippen LogP contribution in [-0.2, 0) is 0 Å². The Morgan fingerprint density at radius 2 is 2.06 bits per heavy atom. The molecule has 18 heavy (non-hydrogen) atoms. The van der Waals surface area contributed by atoms with Gasteiger partial charge in [-0.15, -0.1) is 0 Å². The summed E-state index contributed by atoms with van der Waals surface area (Å²) in [4.78, 5) is 2.41. The van der Waals surface area contributed by atoms with Crippen LogP contribution >= 0.6 is 27.5 Å². The Morgan fingerprint density at radius 1 is 1.39 bits per heavy atom. The van der Waals surface area contributed by atoms with E-state index in [-0.39, 0.29) is 6.04 Å². The first-order chi connectivity index (χ1) is 8.54. The summed E-state index contributed by atoms with van der Waals surface area (Å²) in [6.07, 6.45) is 1.11. The first-order valence-electron chi connectivity index (χ1n) is 6.45. The Balaban J connectivity index is 3.07. The molecule has 0 heterocycles. The Labute approximate surface area is 124 Å². The van der Waals surface area contributed by atoms with Gasteiger partial charge in [0.05, 0.1) is 0 Å². The van der Waals surface area contributed by atoms with Crippen molar-refractivity contribution in [2.24, 2.45) is 5.73 Å². The molecule has 0 aromatic heterocycles. The zero-order valence-electron chi connectivity index (χ0n) is 11.3. The third-order valence-corrected chi connectivity index (χ3v) is 4.29. The summed E-state index contributed by atoms with van der Waals surface area (Å²) in [7, 11) is 0. The van der Waals surface area contributed by atoms with Crippen LogP contribution in [-0.4, -0.2) is 24.0 Å². The first kappa shape index (κ1) is 16.0. The quantitative estimate of drug-likeness (QED) is 0.844. The fourth-order valence-electron chi connectivity index (χ4n) is 2.29. The van der Waals surface area contributed by atoms with Crippen molar-refractivity contribution in [2.75, 3.05) is 13.1 Å². The fraction of sp³-hybridized carbons (Fsp3) is 0.571. The van der Waals surface area contributed by atoms with Crippen molar-refractivity contribution >= 4 is 27.5 Å². The highest BCUT2D eigenvalue weighted by Crippen LogP contribution is 2.30. The van der Waals surface area contributed by atoms with E-state index >= 15 is 0 Å². The zero-order chi connectivity index (χ0) is 13.7. The maximum atomic E-state index is 6.34. The summed E-state index contributed by atoms with van der Waals surface area (Å²) in [6, 6.07) is 6.71. The number of hydrogen-bond acceptors (Lipinski definition) is 2. The van der Waals surface area contributed by atoms with Crippen molar-refractivity contribution in [2.45, 2.75) is 39.3 Å². The van der Waals surface area contributed by atoms with E-state index in [2.05, 4.69) is 47.7 Å². The van der Waals surface area contributed by atoms with Crippen LogP contribution in [0.5, 0.6) is 0 Å². The Bertz CT molecular complexity index is 384. The summed E-state index contributed by atoms with van der Waals surface area (Å²) >= 11 is 9.77. The molecule has 0 radical (unpaired) electrons. The summed E-state index contributed by atoms with van der Waals surface area (Å²) < 4.78 is 0.999. The second-order valence-electron chi connectivity index (χ2n) is 4.51. The number of benzene rings is 1. The minimum Gasteiger partial charge on any atom is -0.329 e. The van der Waals surface area contributed by atoms with Crippen LogP contribution in [0.25, 0.3) is 0 Å². The molecule has 1 aromatic carbocycles. The van der Waals surface area contributed by atoms with Crippen LogP contribution in [0, 0.1) is 0 Å². The highest BCUT2D eigenvalue weighted by Gasteiger charge is 2.23. The van der Waals surface area contributed by atoms with E-state index in [1.807, 2.05) is 12.1 Å². The van der Waals surface area contributed by atoms with E-state index in [0.29, 0.717) is 12.6 Å². The van der Waals surface area contributed by atoms with Gasteiger partial charge in [-0.1, -0.05) is 47.4 Å². The van der Waals surface area contributed by atoms with E-state index in [1.54, 1.807) is 0 Å². The monoisotopic (exact) mass is 332 g/mol. The number of rotatable bonds is 6. The molecule has 0 bridgehead atoms. The molecule has 2 unspecified atom stereocenters. The maximum Gasteiger partial charge on any atom is 0.0487 e. The molecule has 0 saturated carbocycles. The summed E-state index contributed by atoms with van der Waals surface area (Å²) in [6.45, 7) is 8.16. The molecule has 1 aromatic rings. The molecule has 102 valence electrons. The van der Waals surface area contributed by atoms with Crippen molar-refractivity contribution in [1.82, 2.24) is 4.90 Å². The van der Waals surface area contributed by atoms with Crippen molar-refractivity contribution < 1.29 is 0 Å². The molecular formula is C14H22BrClN2. The van der Waals surface area contributed by atoms with Gasteiger partial charge in [0.1, 0.15) is 0 Å². The molecular weight excluding hydrogens is 312 g/mol. The van der Waals surface area contributed by atoms with Crippen molar-refractivity contribution in [3.8, 4) is 0 Å². The van der Waals surface area contributed by atoms with Gasteiger partial charge in [-0.3, -0.25) is 4.90 Å². The molecule has 0 aliphatic heterocycles. The van der Waals surface area contributed by atoms with Crippen LogP contribution in [0.3, 0.4) is 0 Å². The molecule has 2 nitrogen and oxygen atoms in total. The molecule has 0 fully saturated rings. The molecule has 0 aliphatic carbocycles. The molecule has 4 heteroatoms. The van der Waals surface area contributed by atoms with Crippen LogP contribution in [0.2, 0.25) is 5.02 Å². The van der Waals surface area contributed by atoms with Gasteiger partial charge >= 0.3 is 0 Å². The SMILES string of the molecule is CCC(C)N(CC)C(CN)c1ccc(Br)cc1Cl. The first-order valence-corrected chi connectivity index (χ1v) is 7.62. The molecule has 0 spiro atoms. The fourth-order valence-corrected chi connectivity index (χ4v) is 3.09. The number of likely N-dealkylation sites (N-methyl/N-ethyl adjacent to an activating group) is 1. The van der Waals surface area contributed by atoms with Gasteiger partial charge in [-0.2, -0.15) is 0 Å². The van der Waals surface area contributed by atoms with E-state index in [4.69, 9.17) is 17.3 Å². The summed E-state index contributed by atoms with van der Waals surface area (Å²) in [5.41, 5.74) is 7.08. The van der Waals surface area contributed by atoms with Crippen LogP contribution < -0.4 is 5.73 Å². The van der Waals surface area contributed by atoms with Crippen LogP contribution in [0.1, 0.15) is 38.8 Å². The largest absolute Gasteiger partial charge is 0.329 e. The van der Waals surface area contributed by atoms with Crippen LogP contribution in [0.15, 0.2) is 22.7 Å². The number of nitrogens with zero attached hydrogens (tertiary/aromatic N) is 1. The summed E-state index contributed by atoms with van der Waals surface area (Å²) in [5, 5.41) is 0.779. The van der Waals surface area contributed by atoms with Crippen molar-refractivity contribution in [3.05, 3.63) is 33.3 Å².